The number of nitro benzene ring substituents is 1. The van der Waals surface area contributed by atoms with Gasteiger partial charge in [0.15, 0.2) is 0 Å². The Hall–Kier alpha value is -1.91. The van der Waals surface area contributed by atoms with Crippen molar-refractivity contribution in [1.29, 1.82) is 0 Å². The van der Waals surface area contributed by atoms with Gasteiger partial charge in [0.2, 0.25) is 5.91 Å². The van der Waals surface area contributed by atoms with Gasteiger partial charge < -0.3 is 5.73 Å². The zero-order valence-electron chi connectivity index (χ0n) is 11.2. The Bertz CT molecular complexity index is 458. The highest BCUT2D eigenvalue weighted by atomic mass is 16.6. The largest absolute Gasteiger partial charge is 0.366 e. The summed E-state index contributed by atoms with van der Waals surface area (Å²) in [5.41, 5.74) is 6.36. The fourth-order valence-electron chi connectivity index (χ4n) is 2.06. The average Bonchev–Trinajstić information content (AvgIpc) is 2.38. The van der Waals surface area contributed by atoms with Crippen LogP contribution < -0.4 is 5.73 Å². The molecule has 1 rings (SSSR count). The third-order valence-electron chi connectivity index (χ3n) is 3.11. The van der Waals surface area contributed by atoms with Gasteiger partial charge in [0, 0.05) is 17.7 Å². The van der Waals surface area contributed by atoms with E-state index in [1.165, 1.54) is 31.0 Å². The smallest absolute Gasteiger partial charge is 0.269 e. The number of aryl methyl sites for hydroxylation is 1. The highest BCUT2D eigenvalue weighted by Gasteiger charge is 2.13. The third kappa shape index (κ3) is 4.69. The maximum Gasteiger partial charge on any atom is 0.269 e. The van der Waals surface area contributed by atoms with Crippen LogP contribution in [0, 0.1) is 10.1 Å². The summed E-state index contributed by atoms with van der Waals surface area (Å²) in [7, 11) is 0. The summed E-state index contributed by atoms with van der Waals surface area (Å²) in [6, 6.07) is 4.22. The van der Waals surface area contributed by atoms with Crippen molar-refractivity contribution in [3.63, 3.8) is 0 Å². The fraction of sp³-hybridized carbons (Fsp3) is 0.500. The number of nitrogens with zero attached hydrogens (tertiary/aromatic N) is 1. The van der Waals surface area contributed by atoms with Crippen LogP contribution >= 0.6 is 0 Å². The monoisotopic (exact) mass is 264 g/mol. The number of hydrogen-bond acceptors (Lipinski definition) is 3. The van der Waals surface area contributed by atoms with Gasteiger partial charge in [-0.3, -0.25) is 14.9 Å². The lowest BCUT2D eigenvalue weighted by atomic mass is 9.99. The van der Waals surface area contributed by atoms with Crippen molar-refractivity contribution in [3.8, 4) is 0 Å². The van der Waals surface area contributed by atoms with Crippen molar-refractivity contribution in [2.75, 3.05) is 0 Å². The number of primary amides is 1. The molecule has 0 spiro atoms. The van der Waals surface area contributed by atoms with Crippen LogP contribution in [0.5, 0.6) is 0 Å². The Morgan fingerprint density at radius 1 is 1.26 bits per heavy atom. The molecule has 5 heteroatoms. The lowest BCUT2D eigenvalue weighted by Gasteiger charge is -2.06. The topological polar surface area (TPSA) is 86.2 Å². The standard InChI is InChI=1S/C14H20N2O3/c1-2-3-4-5-6-7-11-10-12(16(18)19)8-9-13(11)14(15)17/h8-10H,2-7H2,1H3,(H2,15,17). The predicted molar refractivity (Wildman–Crippen MR) is 74.1 cm³/mol. The maximum absolute atomic E-state index is 11.3. The van der Waals surface area contributed by atoms with E-state index in [9.17, 15) is 14.9 Å². The number of amides is 1. The minimum atomic E-state index is -0.529. The summed E-state index contributed by atoms with van der Waals surface area (Å²) in [6.45, 7) is 2.14. The molecular weight excluding hydrogens is 244 g/mol. The SMILES string of the molecule is CCCCCCCc1cc([N+](=O)[O-])ccc1C(N)=O. The second kappa shape index (κ2) is 7.51. The fourth-order valence-corrected chi connectivity index (χ4v) is 2.06. The summed E-state index contributed by atoms with van der Waals surface area (Å²) in [5, 5.41) is 10.7. The quantitative estimate of drug-likeness (QED) is 0.444. The molecule has 0 fully saturated rings. The first-order chi connectivity index (χ1) is 9.06. The van der Waals surface area contributed by atoms with Gasteiger partial charge in [-0.05, 0) is 24.5 Å². The molecule has 0 unspecified atom stereocenters. The average molecular weight is 264 g/mol. The van der Waals surface area contributed by atoms with Crippen LogP contribution in [0.15, 0.2) is 18.2 Å². The summed E-state index contributed by atoms with van der Waals surface area (Å²) < 4.78 is 0. The highest BCUT2D eigenvalue weighted by Crippen LogP contribution is 2.20. The van der Waals surface area contributed by atoms with Crippen molar-refractivity contribution in [3.05, 3.63) is 39.4 Å². The van der Waals surface area contributed by atoms with Crippen molar-refractivity contribution in [2.45, 2.75) is 45.4 Å². The minimum Gasteiger partial charge on any atom is -0.366 e. The molecule has 0 radical (unpaired) electrons. The van der Waals surface area contributed by atoms with Crippen molar-refractivity contribution < 1.29 is 9.72 Å². The van der Waals surface area contributed by atoms with Gasteiger partial charge in [-0.25, -0.2) is 0 Å². The Balaban J connectivity index is 2.74. The van der Waals surface area contributed by atoms with Crippen LogP contribution in [0.25, 0.3) is 0 Å². The van der Waals surface area contributed by atoms with E-state index in [1.54, 1.807) is 0 Å². The first-order valence-electron chi connectivity index (χ1n) is 6.63. The first kappa shape index (κ1) is 15.1. The Kier molecular flexibility index (Phi) is 5.99. The van der Waals surface area contributed by atoms with E-state index >= 15 is 0 Å². The first-order valence-corrected chi connectivity index (χ1v) is 6.63. The molecule has 1 aromatic rings. The summed E-state index contributed by atoms with van der Waals surface area (Å²) in [4.78, 5) is 21.6. The number of carbonyl (C=O) groups excluding carboxylic acids is 1. The number of unbranched alkanes of at least 4 members (excludes halogenated alkanes) is 4. The Morgan fingerprint density at radius 3 is 2.53 bits per heavy atom. The highest BCUT2D eigenvalue weighted by molar-refractivity contribution is 5.94. The second-order valence-corrected chi connectivity index (χ2v) is 4.63. The van der Waals surface area contributed by atoms with E-state index in [4.69, 9.17) is 5.73 Å². The van der Waals surface area contributed by atoms with E-state index in [0.29, 0.717) is 17.5 Å². The van der Waals surface area contributed by atoms with Gasteiger partial charge in [-0.2, -0.15) is 0 Å². The van der Waals surface area contributed by atoms with E-state index in [-0.39, 0.29) is 5.69 Å². The second-order valence-electron chi connectivity index (χ2n) is 4.63. The van der Waals surface area contributed by atoms with Crippen molar-refractivity contribution in [2.24, 2.45) is 5.73 Å². The Labute approximate surface area is 113 Å². The molecule has 0 atom stereocenters. The lowest BCUT2D eigenvalue weighted by molar-refractivity contribution is -0.384. The number of nitrogens with two attached hydrogens (primary N) is 1. The molecule has 0 aromatic heterocycles. The van der Waals surface area contributed by atoms with Gasteiger partial charge in [0.1, 0.15) is 0 Å². The molecular formula is C14H20N2O3. The zero-order chi connectivity index (χ0) is 14.3. The summed E-state index contributed by atoms with van der Waals surface area (Å²) in [5.74, 6) is -0.529. The number of carbonyl (C=O) groups is 1. The van der Waals surface area contributed by atoms with Gasteiger partial charge in [-0.15, -0.1) is 0 Å². The molecule has 0 saturated heterocycles. The molecule has 19 heavy (non-hydrogen) atoms. The minimum absolute atomic E-state index is 0.00792. The maximum atomic E-state index is 11.3. The third-order valence-corrected chi connectivity index (χ3v) is 3.11. The Morgan fingerprint density at radius 2 is 1.95 bits per heavy atom. The molecule has 1 amide bonds. The molecule has 0 aliphatic rings. The van der Waals surface area contributed by atoms with Gasteiger partial charge >= 0.3 is 0 Å². The van der Waals surface area contributed by atoms with E-state index < -0.39 is 10.8 Å². The van der Waals surface area contributed by atoms with Crippen molar-refractivity contribution in [1.82, 2.24) is 0 Å². The molecule has 0 saturated carbocycles. The number of benzene rings is 1. The molecule has 0 bridgehead atoms. The molecule has 0 heterocycles. The lowest BCUT2D eigenvalue weighted by Crippen LogP contribution is -2.14. The molecule has 104 valence electrons. The van der Waals surface area contributed by atoms with Crippen molar-refractivity contribution >= 4 is 11.6 Å². The number of non-ortho nitro benzene ring substituents is 1. The van der Waals surface area contributed by atoms with Crippen LogP contribution in [0.2, 0.25) is 0 Å². The zero-order valence-corrected chi connectivity index (χ0v) is 11.2. The van der Waals surface area contributed by atoms with E-state index in [2.05, 4.69) is 6.92 Å². The van der Waals surface area contributed by atoms with Crippen LogP contribution in [-0.4, -0.2) is 10.8 Å². The molecule has 2 N–H and O–H groups in total. The van der Waals surface area contributed by atoms with E-state index in [0.717, 1.165) is 19.3 Å². The molecule has 1 aromatic carbocycles. The van der Waals surface area contributed by atoms with Gasteiger partial charge in [0.25, 0.3) is 5.69 Å². The van der Waals surface area contributed by atoms with Gasteiger partial charge in [-0.1, -0.05) is 32.6 Å². The van der Waals surface area contributed by atoms with Gasteiger partial charge in [0.05, 0.1) is 4.92 Å². The van der Waals surface area contributed by atoms with Crippen LogP contribution in [-0.2, 0) is 6.42 Å². The summed E-state index contributed by atoms with van der Waals surface area (Å²) >= 11 is 0. The summed E-state index contributed by atoms with van der Waals surface area (Å²) in [6.07, 6.45) is 6.15. The van der Waals surface area contributed by atoms with E-state index in [1.807, 2.05) is 0 Å². The van der Waals surface area contributed by atoms with Crippen LogP contribution in [0.3, 0.4) is 0 Å². The molecule has 0 aliphatic carbocycles. The molecule has 5 nitrogen and oxygen atoms in total. The number of rotatable bonds is 8. The van der Waals surface area contributed by atoms with Crippen LogP contribution in [0.1, 0.15) is 54.9 Å². The number of nitro groups is 1. The molecule has 0 aliphatic heterocycles. The number of hydrogen-bond donors (Lipinski definition) is 1. The van der Waals surface area contributed by atoms with Crippen LogP contribution in [0.4, 0.5) is 5.69 Å². The normalized spacial score (nSPS) is 10.4. The predicted octanol–water partition coefficient (Wildman–Crippen LogP) is 3.21.